The lowest BCUT2D eigenvalue weighted by molar-refractivity contribution is 0.0679. The third kappa shape index (κ3) is 4.17. The third-order valence-corrected chi connectivity index (χ3v) is 4.11. The maximum absolute atomic E-state index is 12.3. The van der Waals surface area contributed by atoms with Gasteiger partial charge in [-0.2, -0.15) is 0 Å². The zero-order valence-electron chi connectivity index (χ0n) is 14.1. The highest BCUT2D eigenvalue weighted by Crippen LogP contribution is 2.18. The molecule has 2 unspecified atom stereocenters. The van der Waals surface area contributed by atoms with E-state index in [1.54, 1.807) is 12.1 Å². The number of carbonyl (C=O) groups excluding carboxylic acids is 1. The maximum atomic E-state index is 12.3. The monoisotopic (exact) mass is 329 g/mol. The summed E-state index contributed by atoms with van der Waals surface area (Å²) in [6.45, 7) is 5.16. The number of benzene rings is 1. The molecule has 5 heteroatoms. The van der Waals surface area contributed by atoms with Gasteiger partial charge in [-0.1, -0.05) is 0 Å². The zero-order valence-corrected chi connectivity index (χ0v) is 14.1. The molecule has 1 N–H and O–H groups in total. The van der Waals surface area contributed by atoms with Crippen LogP contribution in [0.25, 0.3) is 0 Å². The summed E-state index contributed by atoms with van der Waals surface area (Å²) in [6, 6.07) is 10.7. The van der Waals surface area contributed by atoms with Gasteiger partial charge in [0.15, 0.2) is 0 Å². The van der Waals surface area contributed by atoms with Crippen LogP contribution >= 0.6 is 0 Å². The van der Waals surface area contributed by atoms with E-state index in [2.05, 4.69) is 5.32 Å². The van der Waals surface area contributed by atoms with E-state index >= 15 is 0 Å². The fourth-order valence-corrected chi connectivity index (χ4v) is 2.70. The molecule has 1 amide bonds. The first-order valence-electron chi connectivity index (χ1n) is 8.33. The summed E-state index contributed by atoms with van der Waals surface area (Å²) in [5.74, 6) is 2.19. The number of amides is 1. The van der Waals surface area contributed by atoms with Crippen molar-refractivity contribution >= 4 is 5.91 Å². The average Bonchev–Trinajstić information content (AvgIpc) is 3.25. The van der Waals surface area contributed by atoms with Crippen LogP contribution in [0.4, 0.5) is 0 Å². The number of ether oxygens (including phenoxy) is 2. The van der Waals surface area contributed by atoms with Crippen molar-refractivity contribution in [1.29, 1.82) is 0 Å². The molecule has 2 atom stereocenters. The standard InChI is InChI=1S/C19H23NO4/c1-13-5-10-18(24-13)14(2)20-19(21)15-6-8-16(9-7-15)23-12-17-4-3-11-22-17/h5-10,14,17H,3-4,11-12H2,1-2H3,(H,20,21). The molecule has 0 radical (unpaired) electrons. The molecule has 0 aliphatic carbocycles. The topological polar surface area (TPSA) is 60.7 Å². The van der Waals surface area contributed by atoms with E-state index in [0.29, 0.717) is 12.2 Å². The zero-order chi connectivity index (χ0) is 16.9. The second-order valence-electron chi connectivity index (χ2n) is 6.11. The van der Waals surface area contributed by atoms with Crippen LogP contribution in [0.2, 0.25) is 0 Å². The van der Waals surface area contributed by atoms with E-state index in [4.69, 9.17) is 13.9 Å². The molecule has 1 aromatic carbocycles. The van der Waals surface area contributed by atoms with Crippen LogP contribution in [0, 0.1) is 6.92 Å². The van der Waals surface area contributed by atoms with Crippen LogP contribution in [0.5, 0.6) is 5.75 Å². The molecule has 0 saturated carbocycles. The normalized spacial score (nSPS) is 18.3. The molecule has 0 spiro atoms. The van der Waals surface area contributed by atoms with Gasteiger partial charge < -0.3 is 19.2 Å². The van der Waals surface area contributed by atoms with Crippen LogP contribution in [0.15, 0.2) is 40.8 Å². The van der Waals surface area contributed by atoms with E-state index in [9.17, 15) is 4.79 Å². The lowest BCUT2D eigenvalue weighted by atomic mass is 10.1. The van der Waals surface area contributed by atoms with Crippen molar-refractivity contribution < 1.29 is 18.7 Å². The summed E-state index contributed by atoms with van der Waals surface area (Å²) >= 11 is 0. The van der Waals surface area contributed by atoms with E-state index in [0.717, 1.165) is 36.7 Å². The van der Waals surface area contributed by atoms with Gasteiger partial charge in [0, 0.05) is 12.2 Å². The molecule has 1 saturated heterocycles. The average molecular weight is 329 g/mol. The van der Waals surface area contributed by atoms with Crippen molar-refractivity contribution in [3.8, 4) is 5.75 Å². The molecule has 1 fully saturated rings. The molecule has 1 aliphatic rings. The lowest BCUT2D eigenvalue weighted by Gasteiger charge is -2.13. The first-order valence-corrected chi connectivity index (χ1v) is 8.33. The third-order valence-electron chi connectivity index (χ3n) is 4.11. The minimum Gasteiger partial charge on any atom is -0.491 e. The Balaban J connectivity index is 1.53. The van der Waals surface area contributed by atoms with Gasteiger partial charge in [0.25, 0.3) is 5.91 Å². The number of nitrogens with one attached hydrogen (secondary N) is 1. The number of aryl methyl sites for hydroxylation is 1. The van der Waals surface area contributed by atoms with E-state index in [1.807, 2.05) is 38.1 Å². The first-order chi connectivity index (χ1) is 11.6. The minimum atomic E-state index is -0.179. The maximum Gasteiger partial charge on any atom is 0.251 e. The second-order valence-corrected chi connectivity index (χ2v) is 6.11. The number of rotatable bonds is 6. The van der Waals surface area contributed by atoms with Gasteiger partial charge in [0.1, 0.15) is 23.9 Å². The molecular weight excluding hydrogens is 306 g/mol. The summed E-state index contributed by atoms with van der Waals surface area (Å²) in [7, 11) is 0. The molecule has 128 valence electrons. The van der Waals surface area contributed by atoms with Crippen LogP contribution in [-0.2, 0) is 4.74 Å². The predicted molar refractivity (Wildman–Crippen MR) is 90.2 cm³/mol. The highest BCUT2D eigenvalue weighted by Gasteiger charge is 2.17. The van der Waals surface area contributed by atoms with Gasteiger partial charge in [-0.15, -0.1) is 0 Å². The largest absolute Gasteiger partial charge is 0.491 e. The number of hydrogen-bond acceptors (Lipinski definition) is 4. The van der Waals surface area contributed by atoms with Gasteiger partial charge in [-0.25, -0.2) is 0 Å². The van der Waals surface area contributed by atoms with Gasteiger partial charge in [0.05, 0.1) is 12.1 Å². The van der Waals surface area contributed by atoms with Crippen molar-refractivity contribution in [2.24, 2.45) is 0 Å². The van der Waals surface area contributed by atoms with Crippen molar-refractivity contribution in [2.45, 2.75) is 38.8 Å². The summed E-state index contributed by atoms with van der Waals surface area (Å²) in [5.41, 5.74) is 0.592. The predicted octanol–water partition coefficient (Wildman–Crippen LogP) is 3.64. The fourth-order valence-electron chi connectivity index (χ4n) is 2.70. The molecule has 3 rings (SSSR count). The van der Waals surface area contributed by atoms with E-state index in [-0.39, 0.29) is 18.1 Å². The second kappa shape index (κ2) is 7.53. The van der Waals surface area contributed by atoms with Crippen LogP contribution in [0.3, 0.4) is 0 Å². The molecule has 2 heterocycles. The SMILES string of the molecule is Cc1ccc(C(C)NC(=O)c2ccc(OCC3CCCO3)cc2)o1. The van der Waals surface area contributed by atoms with Gasteiger partial charge in [-0.05, 0) is 63.1 Å². The van der Waals surface area contributed by atoms with Crippen LogP contribution < -0.4 is 10.1 Å². The lowest BCUT2D eigenvalue weighted by Crippen LogP contribution is -2.26. The summed E-state index contributed by atoms with van der Waals surface area (Å²) in [5, 5.41) is 2.93. The Morgan fingerprint density at radius 2 is 2.08 bits per heavy atom. The Morgan fingerprint density at radius 3 is 2.71 bits per heavy atom. The highest BCUT2D eigenvalue weighted by atomic mass is 16.5. The van der Waals surface area contributed by atoms with Crippen LogP contribution in [-0.4, -0.2) is 25.2 Å². The van der Waals surface area contributed by atoms with Gasteiger partial charge >= 0.3 is 0 Å². The van der Waals surface area contributed by atoms with Gasteiger partial charge in [-0.3, -0.25) is 4.79 Å². The van der Waals surface area contributed by atoms with Gasteiger partial charge in [0.2, 0.25) is 0 Å². The minimum absolute atomic E-state index is 0.137. The van der Waals surface area contributed by atoms with Crippen LogP contribution in [0.1, 0.15) is 47.7 Å². The fraction of sp³-hybridized carbons (Fsp3) is 0.421. The first kappa shape index (κ1) is 16.6. The highest BCUT2D eigenvalue weighted by molar-refractivity contribution is 5.94. The Labute approximate surface area is 141 Å². The summed E-state index contributed by atoms with van der Waals surface area (Å²) < 4.78 is 16.8. The molecule has 1 aromatic heterocycles. The number of furan rings is 1. The Bertz CT molecular complexity index is 671. The van der Waals surface area contributed by atoms with E-state index in [1.165, 1.54) is 0 Å². The Kier molecular flexibility index (Phi) is 5.20. The Morgan fingerprint density at radius 1 is 1.29 bits per heavy atom. The van der Waals surface area contributed by atoms with E-state index < -0.39 is 0 Å². The van der Waals surface area contributed by atoms with Crippen molar-refractivity contribution in [1.82, 2.24) is 5.32 Å². The smallest absolute Gasteiger partial charge is 0.251 e. The molecule has 0 bridgehead atoms. The molecule has 5 nitrogen and oxygen atoms in total. The number of hydrogen-bond donors (Lipinski definition) is 1. The van der Waals surface area contributed by atoms with Crippen molar-refractivity contribution in [3.63, 3.8) is 0 Å². The molecule has 2 aromatic rings. The molecule has 1 aliphatic heterocycles. The summed E-state index contributed by atoms with van der Waals surface area (Å²) in [6.07, 6.45) is 2.33. The number of carbonyl (C=O) groups is 1. The van der Waals surface area contributed by atoms with Crippen molar-refractivity contribution in [2.75, 3.05) is 13.2 Å². The molecule has 24 heavy (non-hydrogen) atoms. The quantitative estimate of drug-likeness (QED) is 0.879. The summed E-state index contributed by atoms with van der Waals surface area (Å²) in [4.78, 5) is 12.3. The molecular formula is C19H23NO4. The van der Waals surface area contributed by atoms with Crippen molar-refractivity contribution in [3.05, 3.63) is 53.5 Å². The Hall–Kier alpha value is -2.27.